The van der Waals surface area contributed by atoms with Gasteiger partial charge in [-0.3, -0.25) is 4.79 Å². The molecule has 0 radical (unpaired) electrons. The van der Waals surface area contributed by atoms with E-state index in [1.54, 1.807) is 12.1 Å². The number of hydrogen-bond acceptors (Lipinski definition) is 1. The lowest BCUT2D eigenvalue weighted by atomic mass is 10.2. The van der Waals surface area contributed by atoms with E-state index >= 15 is 0 Å². The SMILES string of the molecule is C=CC(=C)NC(=O)c1ccccc1. The Labute approximate surface area is 77.6 Å². The van der Waals surface area contributed by atoms with Crippen molar-refractivity contribution in [3.8, 4) is 0 Å². The van der Waals surface area contributed by atoms with Gasteiger partial charge in [0.05, 0.1) is 0 Å². The van der Waals surface area contributed by atoms with Crippen LogP contribution in [-0.2, 0) is 0 Å². The second-order valence-corrected chi connectivity index (χ2v) is 2.55. The third kappa shape index (κ3) is 2.60. The summed E-state index contributed by atoms with van der Waals surface area (Å²) in [5, 5.41) is 2.59. The summed E-state index contributed by atoms with van der Waals surface area (Å²) in [4.78, 5) is 11.4. The molecule has 1 aromatic carbocycles. The van der Waals surface area contributed by atoms with E-state index in [1.165, 1.54) is 6.08 Å². The van der Waals surface area contributed by atoms with Gasteiger partial charge in [-0.05, 0) is 18.2 Å². The van der Waals surface area contributed by atoms with Crippen LogP contribution in [0.4, 0.5) is 0 Å². The molecule has 13 heavy (non-hydrogen) atoms. The molecule has 0 bridgehead atoms. The average Bonchev–Trinajstić information content (AvgIpc) is 2.19. The van der Waals surface area contributed by atoms with E-state index in [2.05, 4.69) is 18.5 Å². The first-order valence-corrected chi connectivity index (χ1v) is 3.92. The van der Waals surface area contributed by atoms with Crippen molar-refractivity contribution in [1.82, 2.24) is 5.32 Å². The molecule has 1 aromatic rings. The number of carbonyl (C=O) groups is 1. The van der Waals surface area contributed by atoms with Crippen molar-refractivity contribution >= 4 is 5.91 Å². The predicted molar refractivity (Wildman–Crippen MR) is 53.2 cm³/mol. The summed E-state index contributed by atoms with van der Waals surface area (Å²) in [7, 11) is 0. The van der Waals surface area contributed by atoms with E-state index in [9.17, 15) is 4.79 Å². The van der Waals surface area contributed by atoms with Crippen LogP contribution in [0.5, 0.6) is 0 Å². The summed E-state index contributed by atoms with van der Waals surface area (Å²) < 4.78 is 0. The summed E-state index contributed by atoms with van der Waals surface area (Å²) in [6, 6.07) is 8.97. The van der Waals surface area contributed by atoms with Crippen molar-refractivity contribution in [2.75, 3.05) is 0 Å². The normalized spacial score (nSPS) is 8.92. The lowest BCUT2D eigenvalue weighted by molar-refractivity contribution is 0.0967. The second-order valence-electron chi connectivity index (χ2n) is 2.55. The van der Waals surface area contributed by atoms with Gasteiger partial charge in [0.1, 0.15) is 0 Å². The van der Waals surface area contributed by atoms with E-state index in [4.69, 9.17) is 0 Å². The molecular formula is C11H11NO. The van der Waals surface area contributed by atoms with Gasteiger partial charge in [-0.1, -0.05) is 31.4 Å². The zero-order chi connectivity index (χ0) is 9.68. The highest BCUT2D eigenvalue weighted by molar-refractivity contribution is 5.95. The van der Waals surface area contributed by atoms with Gasteiger partial charge in [0.2, 0.25) is 0 Å². The highest BCUT2D eigenvalue weighted by atomic mass is 16.1. The van der Waals surface area contributed by atoms with Crippen LogP contribution in [0.15, 0.2) is 55.3 Å². The number of rotatable bonds is 3. The lowest BCUT2D eigenvalue weighted by Crippen LogP contribution is -2.20. The quantitative estimate of drug-likeness (QED) is 0.697. The van der Waals surface area contributed by atoms with Crippen LogP contribution in [-0.4, -0.2) is 5.91 Å². The molecule has 0 saturated carbocycles. The first kappa shape index (κ1) is 9.26. The number of carbonyl (C=O) groups excluding carboxylic acids is 1. The molecule has 0 spiro atoms. The second kappa shape index (κ2) is 4.26. The summed E-state index contributed by atoms with van der Waals surface area (Å²) in [5.41, 5.74) is 1.12. The van der Waals surface area contributed by atoms with Crippen molar-refractivity contribution in [3.05, 3.63) is 60.8 Å². The molecule has 66 valence electrons. The van der Waals surface area contributed by atoms with Crippen molar-refractivity contribution in [2.24, 2.45) is 0 Å². The van der Waals surface area contributed by atoms with Gasteiger partial charge >= 0.3 is 0 Å². The van der Waals surface area contributed by atoms with Crippen LogP contribution in [0.25, 0.3) is 0 Å². The molecule has 0 heterocycles. The predicted octanol–water partition coefficient (Wildman–Crippen LogP) is 2.12. The molecule has 0 aliphatic rings. The maximum Gasteiger partial charge on any atom is 0.255 e. The fourth-order valence-corrected chi connectivity index (χ4v) is 0.859. The summed E-state index contributed by atoms with van der Waals surface area (Å²) >= 11 is 0. The third-order valence-electron chi connectivity index (χ3n) is 1.56. The number of benzene rings is 1. The Balaban J connectivity index is 2.70. The van der Waals surface area contributed by atoms with E-state index in [0.717, 1.165) is 0 Å². The van der Waals surface area contributed by atoms with Gasteiger partial charge in [0, 0.05) is 11.3 Å². The van der Waals surface area contributed by atoms with E-state index in [-0.39, 0.29) is 5.91 Å². The van der Waals surface area contributed by atoms with Gasteiger partial charge in [-0.15, -0.1) is 0 Å². The zero-order valence-corrected chi connectivity index (χ0v) is 7.29. The molecule has 2 heteroatoms. The van der Waals surface area contributed by atoms with Gasteiger partial charge in [-0.2, -0.15) is 0 Å². The molecule has 0 unspecified atom stereocenters. The maximum atomic E-state index is 11.4. The minimum absolute atomic E-state index is 0.162. The molecule has 0 fully saturated rings. The highest BCUT2D eigenvalue weighted by Crippen LogP contribution is 1.99. The van der Waals surface area contributed by atoms with Crippen LogP contribution in [0.2, 0.25) is 0 Å². The summed E-state index contributed by atoms with van der Waals surface area (Å²) in [6.07, 6.45) is 1.50. The van der Waals surface area contributed by atoms with Gasteiger partial charge in [0.25, 0.3) is 5.91 Å². The Kier molecular flexibility index (Phi) is 3.03. The van der Waals surface area contributed by atoms with Crippen LogP contribution >= 0.6 is 0 Å². The minimum Gasteiger partial charge on any atom is -0.323 e. The maximum absolute atomic E-state index is 11.4. The van der Waals surface area contributed by atoms with Gasteiger partial charge in [-0.25, -0.2) is 0 Å². The van der Waals surface area contributed by atoms with Crippen LogP contribution < -0.4 is 5.32 Å². The molecule has 1 amide bonds. The van der Waals surface area contributed by atoms with E-state index < -0.39 is 0 Å². The van der Waals surface area contributed by atoms with E-state index in [0.29, 0.717) is 11.3 Å². The van der Waals surface area contributed by atoms with Crippen LogP contribution in [0.3, 0.4) is 0 Å². The number of hydrogen-bond donors (Lipinski definition) is 1. The fraction of sp³-hybridized carbons (Fsp3) is 0. The van der Waals surface area contributed by atoms with Crippen LogP contribution in [0.1, 0.15) is 10.4 Å². The molecule has 0 aliphatic heterocycles. The van der Waals surface area contributed by atoms with Gasteiger partial charge < -0.3 is 5.32 Å². The third-order valence-corrected chi connectivity index (χ3v) is 1.56. The molecule has 0 atom stereocenters. The molecule has 0 aliphatic carbocycles. The molecular weight excluding hydrogens is 162 g/mol. The summed E-state index contributed by atoms with van der Waals surface area (Å²) in [5.74, 6) is -0.162. The van der Waals surface area contributed by atoms with Crippen molar-refractivity contribution in [2.45, 2.75) is 0 Å². The molecule has 1 rings (SSSR count). The zero-order valence-electron chi connectivity index (χ0n) is 7.29. The minimum atomic E-state index is -0.162. The fourth-order valence-electron chi connectivity index (χ4n) is 0.859. The first-order chi connectivity index (χ1) is 6.24. The Morgan fingerprint density at radius 2 is 1.92 bits per heavy atom. The number of amides is 1. The van der Waals surface area contributed by atoms with Crippen molar-refractivity contribution in [3.63, 3.8) is 0 Å². The Morgan fingerprint density at radius 1 is 1.31 bits per heavy atom. The Bertz CT molecular complexity index is 327. The van der Waals surface area contributed by atoms with Crippen molar-refractivity contribution < 1.29 is 4.79 Å². The molecule has 1 N–H and O–H groups in total. The number of nitrogens with one attached hydrogen (secondary N) is 1. The van der Waals surface area contributed by atoms with Crippen molar-refractivity contribution in [1.29, 1.82) is 0 Å². The van der Waals surface area contributed by atoms with Gasteiger partial charge in [0.15, 0.2) is 0 Å². The largest absolute Gasteiger partial charge is 0.323 e. The number of allylic oxidation sites excluding steroid dienone is 1. The summed E-state index contributed by atoms with van der Waals surface area (Å²) in [6.45, 7) is 7.08. The first-order valence-electron chi connectivity index (χ1n) is 3.92. The van der Waals surface area contributed by atoms with E-state index in [1.807, 2.05) is 18.2 Å². The Morgan fingerprint density at radius 3 is 2.46 bits per heavy atom. The molecule has 0 saturated heterocycles. The monoisotopic (exact) mass is 173 g/mol. The topological polar surface area (TPSA) is 29.1 Å². The smallest absolute Gasteiger partial charge is 0.255 e. The molecule has 0 aromatic heterocycles. The van der Waals surface area contributed by atoms with Crippen LogP contribution in [0, 0.1) is 0 Å². The standard InChI is InChI=1S/C11H11NO/c1-3-9(2)12-11(13)10-7-5-4-6-8-10/h3-8H,1-2H2,(H,12,13). The lowest BCUT2D eigenvalue weighted by Gasteiger charge is -2.03. The Hall–Kier alpha value is -1.83. The average molecular weight is 173 g/mol. The molecule has 2 nitrogen and oxygen atoms in total. The highest BCUT2D eigenvalue weighted by Gasteiger charge is 2.02.